The van der Waals surface area contributed by atoms with Gasteiger partial charge in [-0.3, -0.25) is 4.79 Å². The Balaban J connectivity index is 1.61. The van der Waals surface area contributed by atoms with Crippen LogP contribution >= 0.6 is 0 Å². The summed E-state index contributed by atoms with van der Waals surface area (Å²) in [4.78, 5) is 23.1. The summed E-state index contributed by atoms with van der Waals surface area (Å²) in [6.07, 6.45) is 2.24. The lowest BCUT2D eigenvalue weighted by atomic mass is 9.69. The third-order valence-electron chi connectivity index (χ3n) is 5.15. The molecule has 5 heteroatoms. The van der Waals surface area contributed by atoms with Crippen LogP contribution in [-0.4, -0.2) is 23.7 Å². The number of hydrogen-bond donors (Lipinski definition) is 1. The molecule has 25 heavy (non-hydrogen) atoms. The van der Waals surface area contributed by atoms with Crippen LogP contribution < -0.4 is 4.74 Å². The molecule has 0 spiro atoms. The molecular formula is C20H18O5. The highest BCUT2D eigenvalue weighted by molar-refractivity contribution is 5.94. The number of esters is 1. The lowest BCUT2D eigenvalue weighted by molar-refractivity contribution is -0.157. The Morgan fingerprint density at radius 2 is 1.96 bits per heavy atom. The zero-order chi connectivity index (χ0) is 17.4. The number of cyclic esters (lactones) is 1. The predicted molar refractivity (Wildman–Crippen MR) is 90.4 cm³/mol. The lowest BCUT2D eigenvalue weighted by Gasteiger charge is -2.37. The number of benzene rings is 2. The molecule has 0 aromatic heterocycles. The zero-order valence-corrected chi connectivity index (χ0v) is 13.7. The van der Waals surface area contributed by atoms with Gasteiger partial charge in [-0.1, -0.05) is 30.7 Å². The number of carbonyl (C=O) groups excluding carboxylic acids is 1. The third kappa shape index (κ3) is 2.65. The van der Waals surface area contributed by atoms with Crippen molar-refractivity contribution >= 4 is 11.9 Å². The first kappa shape index (κ1) is 15.7. The van der Waals surface area contributed by atoms with E-state index in [1.54, 1.807) is 6.07 Å². The van der Waals surface area contributed by atoms with E-state index in [0.29, 0.717) is 24.2 Å². The van der Waals surface area contributed by atoms with E-state index in [1.807, 2.05) is 36.4 Å². The Hall–Kier alpha value is -2.82. The number of carboxylic acid groups (broad SMARTS) is 1. The summed E-state index contributed by atoms with van der Waals surface area (Å²) in [5.41, 5.74) is 2.50. The summed E-state index contributed by atoms with van der Waals surface area (Å²) >= 11 is 0. The molecule has 0 bridgehead atoms. The second-order valence-corrected chi connectivity index (χ2v) is 6.67. The maximum absolute atomic E-state index is 11.6. The summed E-state index contributed by atoms with van der Waals surface area (Å²) in [6, 6.07) is 13.1. The minimum absolute atomic E-state index is 0.173. The standard InChI is InChI=1S/C20H18O5/c21-18-16-7-6-13(10-14(16)11-24-18)15-4-1-2-5-17(15)25-12-20(19(22)23)8-3-9-20/h1-2,4-7,10H,3,8-9,11-12H2,(H,22,23). The number of carbonyl (C=O) groups is 2. The van der Waals surface area contributed by atoms with E-state index in [4.69, 9.17) is 9.47 Å². The smallest absolute Gasteiger partial charge is 0.338 e. The average molecular weight is 338 g/mol. The summed E-state index contributed by atoms with van der Waals surface area (Å²) in [6.45, 7) is 0.457. The normalized spacial score (nSPS) is 17.4. The number of fused-ring (bicyclic) bond motifs is 1. The first-order valence-electron chi connectivity index (χ1n) is 8.35. The maximum atomic E-state index is 11.6. The number of ether oxygens (including phenoxy) is 2. The van der Waals surface area contributed by atoms with Crippen molar-refractivity contribution in [1.82, 2.24) is 0 Å². The van der Waals surface area contributed by atoms with Gasteiger partial charge in [0.25, 0.3) is 0 Å². The number of para-hydroxylation sites is 1. The Labute approximate surface area is 145 Å². The van der Waals surface area contributed by atoms with Crippen molar-refractivity contribution in [1.29, 1.82) is 0 Å². The quantitative estimate of drug-likeness (QED) is 0.842. The topological polar surface area (TPSA) is 72.8 Å². The van der Waals surface area contributed by atoms with E-state index >= 15 is 0 Å². The predicted octanol–water partition coefficient (Wildman–Crippen LogP) is 3.66. The molecule has 1 aliphatic carbocycles. The van der Waals surface area contributed by atoms with Crippen LogP contribution in [0.25, 0.3) is 11.1 Å². The molecule has 2 aromatic carbocycles. The van der Waals surface area contributed by atoms with Gasteiger partial charge in [0.15, 0.2) is 0 Å². The van der Waals surface area contributed by atoms with Crippen LogP contribution in [0.2, 0.25) is 0 Å². The van der Waals surface area contributed by atoms with Crippen molar-refractivity contribution in [3.63, 3.8) is 0 Å². The molecule has 1 N–H and O–H groups in total. The average Bonchev–Trinajstić information content (AvgIpc) is 2.94. The van der Waals surface area contributed by atoms with E-state index in [9.17, 15) is 14.7 Å². The van der Waals surface area contributed by atoms with Gasteiger partial charge in [-0.2, -0.15) is 0 Å². The minimum Gasteiger partial charge on any atom is -0.492 e. The van der Waals surface area contributed by atoms with E-state index in [-0.39, 0.29) is 19.2 Å². The van der Waals surface area contributed by atoms with Crippen LogP contribution in [0.4, 0.5) is 0 Å². The largest absolute Gasteiger partial charge is 0.492 e. The minimum atomic E-state index is -0.788. The van der Waals surface area contributed by atoms with Crippen LogP contribution in [-0.2, 0) is 16.1 Å². The van der Waals surface area contributed by atoms with E-state index in [2.05, 4.69) is 0 Å². The third-order valence-corrected chi connectivity index (χ3v) is 5.15. The molecule has 1 fully saturated rings. The fourth-order valence-corrected chi connectivity index (χ4v) is 3.37. The molecule has 2 aromatic rings. The van der Waals surface area contributed by atoms with Crippen molar-refractivity contribution < 1.29 is 24.2 Å². The molecule has 4 rings (SSSR count). The molecule has 0 radical (unpaired) electrons. The molecule has 0 atom stereocenters. The van der Waals surface area contributed by atoms with E-state index in [0.717, 1.165) is 23.1 Å². The maximum Gasteiger partial charge on any atom is 0.338 e. The highest BCUT2D eigenvalue weighted by atomic mass is 16.5. The molecule has 2 aliphatic rings. The van der Waals surface area contributed by atoms with Crippen molar-refractivity contribution in [2.24, 2.45) is 5.41 Å². The van der Waals surface area contributed by atoms with Crippen LogP contribution in [0, 0.1) is 5.41 Å². The van der Waals surface area contributed by atoms with E-state index < -0.39 is 11.4 Å². The molecule has 0 amide bonds. The number of carboxylic acids is 1. The number of rotatable bonds is 5. The first-order valence-corrected chi connectivity index (χ1v) is 8.35. The van der Waals surface area contributed by atoms with Gasteiger partial charge in [-0.15, -0.1) is 0 Å². The second-order valence-electron chi connectivity index (χ2n) is 6.67. The molecule has 1 heterocycles. The summed E-state index contributed by atoms with van der Waals surface area (Å²) in [5.74, 6) is -0.427. The first-order chi connectivity index (χ1) is 12.1. The molecule has 0 unspecified atom stereocenters. The molecular weight excluding hydrogens is 320 g/mol. The summed E-state index contributed by atoms with van der Waals surface area (Å²) < 4.78 is 11.0. The van der Waals surface area contributed by atoms with E-state index in [1.165, 1.54) is 0 Å². The van der Waals surface area contributed by atoms with Gasteiger partial charge < -0.3 is 14.6 Å². The molecule has 1 saturated carbocycles. The number of aliphatic carboxylic acids is 1. The van der Waals surface area contributed by atoms with Crippen LogP contribution in [0.3, 0.4) is 0 Å². The van der Waals surface area contributed by atoms with Gasteiger partial charge in [0.05, 0.1) is 5.56 Å². The molecule has 1 aliphatic heterocycles. The monoisotopic (exact) mass is 338 g/mol. The Morgan fingerprint density at radius 1 is 1.16 bits per heavy atom. The van der Waals surface area contributed by atoms with Gasteiger partial charge >= 0.3 is 11.9 Å². The van der Waals surface area contributed by atoms with Crippen LogP contribution in [0.1, 0.15) is 35.2 Å². The molecule has 0 saturated heterocycles. The SMILES string of the molecule is O=C1OCc2cc(-c3ccccc3OCC3(C(=O)O)CCC3)ccc21. The van der Waals surface area contributed by atoms with Crippen LogP contribution in [0.15, 0.2) is 42.5 Å². The van der Waals surface area contributed by atoms with Gasteiger partial charge in [0, 0.05) is 11.1 Å². The fourth-order valence-electron chi connectivity index (χ4n) is 3.37. The van der Waals surface area contributed by atoms with Gasteiger partial charge in [-0.05, 0) is 36.6 Å². The molecule has 5 nitrogen and oxygen atoms in total. The Kier molecular flexibility index (Phi) is 3.71. The van der Waals surface area contributed by atoms with Crippen molar-refractivity contribution in [2.45, 2.75) is 25.9 Å². The summed E-state index contributed by atoms with van der Waals surface area (Å²) in [7, 11) is 0. The van der Waals surface area contributed by atoms with Crippen molar-refractivity contribution in [3.05, 3.63) is 53.6 Å². The fraction of sp³-hybridized carbons (Fsp3) is 0.300. The highest BCUT2D eigenvalue weighted by Crippen LogP contribution is 2.42. The Morgan fingerprint density at radius 3 is 2.68 bits per heavy atom. The Bertz CT molecular complexity index is 851. The van der Waals surface area contributed by atoms with Gasteiger partial charge in [0.2, 0.25) is 0 Å². The van der Waals surface area contributed by atoms with Crippen molar-refractivity contribution in [2.75, 3.05) is 6.61 Å². The second kappa shape index (κ2) is 5.92. The van der Waals surface area contributed by atoms with Crippen molar-refractivity contribution in [3.8, 4) is 16.9 Å². The van der Waals surface area contributed by atoms with Gasteiger partial charge in [0.1, 0.15) is 24.4 Å². The molecule has 128 valence electrons. The number of hydrogen-bond acceptors (Lipinski definition) is 4. The van der Waals surface area contributed by atoms with Crippen LogP contribution in [0.5, 0.6) is 5.75 Å². The van der Waals surface area contributed by atoms with Gasteiger partial charge in [-0.25, -0.2) is 4.79 Å². The lowest BCUT2D eigenvalue weighted by Crippen LogP contribution is -2.43. The zero-order valence-electron chi connectivity index (χ0n) is 13.7. The summed E-state index contributed by atoms with van der Waals surface area (Å²) in [5, 5.41) is 9.45. The highest BCUT2D eigenvalue weighted by Gasteiger charge is 2.45.